The van der Waals surface area contributed by atoms with Crippen molar-refractivity contribution in [2.45, 2.75) is 18.9 Å². The van der Waals surface area contributed by atoms with Gasteiger partial charge in [0.1, 0.15) is 5.75 Å². The molecule has 4 N–H and O–H groups in total. The molecule has 0 spiro atoms. The summed E-state index contributed by atoms with van der Waals surface area (Å²) in [5.74, 6) is 0.157. The number of carbonyl (C=O) groups excluding carboxylic acids is 1. The molecule has 0 aliphatic rings. The van der Waals surface area contributed by atoms with Crippen LogP contribution < -0.4 is 15.8 Å². The standard InChI is InChI=1S/C14H22N2O4/c1-14(18,6-7-19-2)9-16-13(17)10-4-5-11(15)12(8-10)20-3/h4-5,8,18H,6-7,9,15H2,1-3H3,(H,16,17). The van der Waals surface area contributed by atoms with Crippen LogP contribution in [-0.4, -0.2) is 44.0 Å². The molecule has 0 aliphatic heterocycles. The third kappa shape index (κ3) is 4.71. The van der Waals surface area contributed by atoms with Gasteiger partial charge in [0.15, 0.2) is 0 Å². The van der Waals surface area contributed by atoms with E-state index >= 15 is 0 Å². The van der Waals surface area contributed by atoms with Crippen molar-refractivity contribution in [3.05, 3.63) is 23.8 Å². The number of nitrogens with two attached hydrogens (primary N) is 1. The van der Waals surface area contributed by atoms with Crippen LogP contribution in [0.5, 0.6) is 5.75 Å². The van der Waals surface area contributed by atoms with Gasteiger partial charge < -0.3 is 25.6 Å². The summed E-state index contributed by atoms with van der Waals surface area (Å²) in [6.07, 6.45) is 0.439. The summed E-state index contributed by atoms with van der Waals surface area (Å²) in [6.45, 7) is 2.22. The van der Waals surface area contributed by atoms with Crippen LogP contribution in [0.3, 0.4) is 0 Å². The second kappa shape index (κ2) is 7.12. The number of nitrogens with one attached hydrogen (secondary N) is 1. The molecule has 0 heterocycles. The molecule has 1 amide bonds. The molecule has 0 bridgehead atoms. The predicted molar refractivity (Wildman–Crippen MR) is 76.9 cm³/mol. The monoisotopic (exact) mass is 282 g/mol. The Hall–Kier alpha value is -1.79. The molecule has 0 aromatic heterocycles. The lowest BCUT2D eigenvalue weighted by molar-refractivity contribution is 0.0243. The minimum atomic E-state index is -1.01. The Labute approximate surface area is 118 Å². The van der Waals surface area contributed by atoms with Gasteiger partial charge in [-0.3, -0.25) is 4.79 Å². The smallest absolute Gasteiger partial charge is 0.251 e. The van der Waals surface area contributed by atoms with Crippen molar-refractivity contribution in [1.82, 2.24) is 5.32 Å². The van der Waals surface area contributed by atoms with Gasteiger partial charge in [0.25, 0.3) is 5.91 Å². The highest BCUT2D eigenvalue weighted by atomic mass is 16.5. The summed E-state index contributed by atoms with van der Waals surface area (Å²) in [6, 6.07) is 4.78. The van der Waals surface area contributed by atoms with Crippen molar-refractivity contribution in [2.75, 3.05) is 33.1 Å². The molecule has 0 radical (unpaired) electrons. The fourth-order valence-electron chi connectivity index (χ4n) is 1.64. The minimum Gasteiger partial charge on any atom is -0.495 e. The van der Waals surface area contributed by atoms with Crippen molar-refractivity contribution in [3.63, 3.8) is 0 Å². The number of anilines is 1. The number of nitrogen functional groups attached to an aromatic ring is 1. The molecule has 20 heavy (non-hydrogen) atoms. The Morgan fingerprint density at radius 1 is 1.45 bits per heavy atom. The highest BCUT2D eigenvalue weighted by Gasteiger charge is 2.21. The minimum absolute atomic E-state index is 0.141. The van der Waals surface area contributed by atoms with Crippen LogP contribution in [0, 0.1) is 0 Å². The number of hydrogen-bond donors (Lipinski definition) is 3. The molecule has 112 valence electrons. The average molecular weight is 282 g/mol. The van der Waals surface area contributed by atoms with Gasteiger partial charge >= 0.3 is 0 Å². The largest absolute Gasteiger partial charge is 0.495 e. The SMILES string of the molecule is COCCC(C)(O)CNC(=O)c1ccc(N)c(OC)c1. The lowest BCUT2D eigenvalue weighted by Gasteiger charge is -2.23. The van der Waals surface area contributed by atoms with Gasteiger partial charge in [-0.25, -0.2) is 0 Å². The van der Waals surface area contributed by atoms with E-state index in [0.717, 1.165) is 0 Å². The molecule has 0 aliphatic carbocycles. The summed E-state index contributed by atoms with van der Waals surface area (Å²) in [5, 5.41) is 12.7. The first-order chi connectivity index (χ1) is 9.39. The van der Waals surface area contributed by atoms with E-state index in [2.05, 4.69) is 5.32 Å². The average Bonchev–Trinajstić information content (AvgIpc) is 2.43. The van der Waals surface area contributed by atoms with Crippen LogP contribution >= 0.6 is 0 Å². The van der Waals surface area contributed by atoms with E-state index in [4.69, 9.17) is 15.2 Å². The quantitative estimate of drug-likeness (QED) is 0.643. The highest BCUT2D eigenvalue weighted by Crippen LogP contribution is 2.22. The first kappa shape index (κ1) is 16.3. The predicted octanol–water partition coefficient (Wildman–Crippen LogP) is 0.795. The Balaban J connectivity index is 2.63. The van der Waals surface area contributed by atoms with Crippen molar-refractivity contribution < 1.29 is 19.4 Å². The summed E-state index contributed by atoms with van der Waals surface area (Å²) >= 11 is 0. The Morgan fingerprint density at radius 2 is 2.15 bits per heavy atom. The maximum Gasteiger partial charge on any atom is 0.251 e. The Kier molecular flexibility index (Phi) is 5.79. The van der Waals surface area contributed by atoms with Crippen molar-refractivity contribution in [1.29, 1.82) is 0 Å². The molecule has 1 aromatic carbocycles. The molecular formula is C14H22N2O4. The third-order valence-electron chi connectivity index (χ3n) is 2.97. The Bertz CT molecular complexity index is 460. The zero-order valence-corrected chi connectivity index (χ0v) is 12.1. The Morgan fingerprint density at radius 3 is 2.75 bits per heavy atom. The number of methoxy groups -OCH3 is 2. The van der Waals surface area contributed by atoms with Crippen molar-refractivity contribution >= 4 is 11.6 Å². The first-order valence-electron chi connectivity index (χ1n) is 6.32. The van der Waals surface area contributed by atoms with Gasteiger partial charge in [0.2, 0.25) is 0 Å². The van der Waals surface area contributed by atoms with E-state index in [1.54, 1.807) is 32.2 Å². The lowest BCUT2D eigenvalue weighted by Crippen LogP contribution is -2.41. The third-order valence-corrected chi connectivity index (χ3v) is 2.97. The van der Waals surface area contributed by atoms with Crippen LogP contribution in [0.25, 0.3) is 0 Å². The molecule has 6 nitrogen and oxygen atoms in total. The molecular weight excluding hydrogens is 260 g/mol. The second-order valence-corrected chi connectivity index (χ2v) is 4.88. The summed E-state index contributed by atoms with van der Waals surface area (Å²) < 4.78 is 9.97. The van der Waals surface area contributed by atoms with Gasteiger partial charge in [-0.1, -0.05) is 0 Å². The van der Waals surface area contributed by atoms with Crippen LogP contribution in [0.15, 0.2) is 18.2 Å². The number of rotatable bonds is 7. The number of benzene rings is 1. The molecule has 6 heteroatoms. The molecule has 1 unspecified atom stereocenters. The van der Waals surface area contributed by atoms with Crippen LogP contribution in [-0.2, 0) is 4.74 Å². The van der Waals surface area contributed by atoms with E-state index in [-0.39, 0.29) is 12.5 Å². The van der Waals surface area contributed by atoms with Gasteiger partial charge in [-0.2, -0.15) is 0 Å². The topological polar surface area (TPSA) is 93.8 Å². The van der Waals surface area contributed by atoms with Gasteiger partial charge in [-0.15, -0.1) is 0 Å². The normalized spacial score (nSPS) is 13.6. The van der Waals surface area contributed by atoms with E-state index < -0.39 is 5.60 Å². The molecule has 1 aromatic rings. The first-order valence-corrected chi connectivity index (χ1v) is 6.32. The van der Waals surface area contributed by atoms with Gasteiger partial charge in [0.05, 0.1) is 18.4 Å². The summed E-state index contributed by atoms with van der Waals surface area (Å²) in [4.78, 5) is 12.0. The fraction of sp³-hybridized carbons (Fsp3) is 0.500. The number of aliphatic hydroxyl groups is 1. The van der Waals surface area contributed by atoms with Crippen molar-refractivity contribution in [2.24, 2.45) is 0 Å². The highest BCUT2D eigenvalue weighted by molar-refractivity contribution is 5.95. The molecule has 0 saturated heterocycles. The van der Waals surface area contributed by atoms with E-state index in [0.29, 0.717) is 30.0 Å². The molecule has 1 rings (SSSR count). The van der Waals surface area contributed by atoms with Gasteiger partial charge in [0, 0.05) is 32.2 Å². The molecule has 1 atom stereocenters. The van der Waals surface area contributed by atoms with Crippen molar-refractivity contribution in [3.8, 4) is 5.75 Å². The number of carbonyl (C=O) groups is 1. The molecule has 0 saturated carbocycles. The van der Waals surface area contributed by atoms with E-state index in [1.807, 2.05) is 0 Å². The number of hydrogen-bond acceptors (Lipinski definition) is 5. The number of ether oxygens (including phenoxy) is 2. The zero-order chi connectivity index (χ0) is 15.2. The summed E-state index contributed by atoms with van der Waals surface area (Å²) in [7, 11) is 3.05. The lowest BCUT2D eigenvalue weighted by atomic mass is 10.0. The summed E-state index contributed by atoms with van der Waals surface area (Å²) in [5.41, 5.74) is 5.58. The zero-order valence-electron chi connectivity index (χ0n) is 12.1. The van der Waals surface area contributed by atoms with Crippen LogP contribution in [0.2, 0.25) is 0 Å². The molecule has 0 fully saturated rings. The van der Waals surface area contributed by atoms with E-state index in [1.165, 1.54) is 7.11 Å². The fourth-order valence-corrected chi connectivity index (χ4v) is 1.64. The maximum atomic E-state index is 12.0. The van der Waals surface area contributed by atoms with Crippen LogP contribution in [0.4, 0.5) is 5.69 Å². The maximum absolute atomic E-state index is 12.0. The number of amides is 1. The van der Waals surface area contributed by atoms with Crippen LogP contribution in [0.1, 0.15) is 23.7 Å². The second-order valence-electron chi connectivity index (χ2n) is 4.88. The van der Waals surface area contributed by atoms with Gasteiger partial charge in [-0.05, 0) is 25.1 Å². The van der Waals surface area contributed by atoms with E-state index in [9.17, 15) is 9.90 Å².